The van der Waals surface area contributed by atoms with Crippen molar-refractivity contribution in [1.82, 2.24) is 4.90 Å². The number of esters is 3. The predicted octanol–water partition coefficient (Wildman–Crippen LogP) is 1.62. The van der Waals surface area contributed by atoms with Gasteiger partial charge >= 0.3 is 17.9 Å². The molecule has 1 aromatic rings. The van der Waals surface area contributed by atoms with E-state index in [-0.39, 0.29) is 58.8 Å². The lowest BCUT2D eigenvalue weighted by atomic mass is 9.81. The van der Waals surface area contributed by atoms with E-state index in [1.54, 1.807) is 13.8 Å². The number of carbonyl (C=O) groups is 3. The minimum atomic E-state index is -1.28. The van der Waals surface area contributed by atoms with Crippen LogP contribution in [-0.2, 0) is 33.3 Å². The van der Waals surface area contributed by atoms with Crippen LogP contribution in [0.4, 0.5) is 5.69 Å². The number of nitro groups is 1. The van der Waals surface area contributed by atoms with Crippen LogP contribution in [-0.4, -0.2) is 61.1 Å². The van der Waals surface area contributed by atoms with Gasteiger partial charge in [0.2, 0.25) is 5.90 Å². The van der Waals surface area contributed by atoms with Gasteiger partial charge in [0.05, 0.1) is 49.4 Å². The molecule has 0 aromatic heterocycles. The SMILES string of the molecule is CCOC(=O)C1=C(N)N2C(C(=O)OC)=CC(OC)=NC2=C(C(=O)OCC)C1c1cccc([N+](=O)[O-])c1. The van der Waals surface area contributed by atoms with Crippen LogP contribution in [0.15, 0.2) is 63.8 Å². The van der Waals surface area contributed by atoms with Crippen molar-refractivity contribution in [3.63, 3.8) is 0 Å². The second-order valence-corrected chi connectivity index (χ2v) is 7.27. The number of methoxy groups -OCH3 is 2. The Morgan fingerprint density at radius 2 is 1.72 bits per heavy atom. The molecule has 3 rings (SSSR count). The summed E-state index contributed by atoms with van der Waals surface area (Å²) in [5.74, 6) is -4.47. The number of nitro benzene ring substituents is 1. The number of hydrogen-bond donors (Lipinski definition) is 1. The van der Waals surface area contributed by atoms with Crippen LogP contribution < -0.4 is 5.73 Å². The van der Waals surface area contributed by atoms with Gasteiger partial charge in [-0.2, -0.15) is 4.99 Å². The fourth-order valence-corrected chi connectivity index (χ4v) is 3.81. The van der Waals surface area contributed by atoms with E-state index in [0.717, 1.165) is 12.0 Å². The molecular formula is C23H24N4O9. The first-order chi connectivity index (χ1) is 17.2. The first kappa shape index (κ1) is 25.9. The summed E-state index contributed by atoms with van der Waals surface area (Å²) in [5.41, 5.74) is 5.66. The third-order valence-electron chi connectivity index (χ3n) is 5.27. The first-order valence-corrected chi connectivity index (χ1v) is 10.7. The summed E-state index contributed by atoms with van der Waals surface area (Å²) >= 11 is 0. The second-order valence-electron chi connectivity index (χ2n) is 7.27. The van der Waals surface area contributed by atoms with Gasteiger partial charge in [0.25, 0.3) is 5.69 Å². The van der Waals surface area contributed by atoms with Crippen LogP contribution in [0.5, 0.6) is 0 Å². The Balaban J connectivity index is 2.44. The highest BCUT2D eigenvalue weighted by Crippen LogP contribution is 2.45. The van der Waals surface area contributed by atoms with Gasteiger partial charge in [-0.15, -0.1) is 0 Å². The lowest BCUT2D eigenvalue weighted by Crippen LogP contribution is -2.42. The molecule has 13 heteroatoms. The minimum absolute atomic E-state index is 0.0335. The zero-order valence-corrected chi connectivity index (χ0v) is 20.0. The molecule has 0 aliphatic carbocycles. The van der Waals surface area contributed by atoms with E-state index in [2.05, 4.69) is 4.99 Å². The van der Waals surface area contributed by atoms with Crippen molar-refractivity contribution in [2.24, 2.45) is 10.7 Å². The molecular weight excluding hydrogens is 476 g/mol. The standard InChI is InChI=1S/C23H24N4O9/c1-5-35-22(29)17-16(12-8-7-9-13(10-12)27(31)32)18(23(30)36-6-2)20-25-15(33-3)11-14(21(28)34-4)26(20)19(17)24/h7-11,16H,5-6,24H2,1-4H3. The highest BCUT2D eigenvalue weighted by Gasteiger charge is 2.46. The molecule has 0 radical (unpaired) electrons. The number of nitrogens with zero attached hydrogens (tertiary/aromatic N) is 3. The van der Waals surface area contributed by atoms with E-state index < -0.39 is 28.7 Å². The minimum Gasteiger partial charge on any atom is -0.481 e. The molecule has 0 spiro atoms. The quantitative estimate of drug-likeness (QED) is 0.249. The van der Waals surface area contributed by atoms with Gasteiger partial charge in [0, 0.05) is 18.2 Å². The number of fused-ring (bicyclic) bond motifs is 1. The second kappa shape index (κ2) is 10.7. The van der Waals surface area contributed by atoms with E-state index in [1.165, 1.54) is 37.5 Å². The molecule has 2 aliphatic heterocycles. The van der Waals surface area contributed by atoms with Gasteiger partial charge in [-0.25, -0.2) is 14.4 Å². The number of non-ortho nitro benzene ring substituents is 1. The van der Waals surface area contributed by atoms with Crippen molar-refractivity contribution in [3.05, 3.63) is 74.5 Å². The van der Waals surface area contributed by atoms with Crippen LogP contribution in [0.2, 0.25) is 0 Å². The van der Waals surface area contributed by atoms with Crippen molar-refractivity contribution < 1.29 is 38.3 Å². The van der Waals surface area contributed by atoms with Crippen LogP contribution in [0.3, 0.4) is 0 Å². The lowest BCUT2D eigenvalue weighted by Gasteiger charge is -2.38. The van der Waals surface area contributed by atoms with Crippen molar-refractivity contribution in [2.45, 2.75) is 19.8 Å². The Hall–Kier alpha value is -4.68. The largest absolute Gasteiger partial charge is 0.481 e. The predicted molar refractivity (Wildman–Crippen MR) is 124 cm³/mol. The molecule has 2 heterocycles. The average molecular weight is 500 g/mol. The third kappa shape index (κ3) is 4.62. The molecule has 0 saturated carbocycles. The fourth-order valence-electron chi connectivity index (χ4n) is 3.81. The highest BCUT2D eigenvalue weighted by atomic mass is 16.6. The van der Waals surface area contributed by atoms with Crippen molar-refractivity contribution in [1.29, 1.82) is 0 Å². The highest BCUT2D eigenvalue weighted by molar-refractivity contribution is 6.04. The van der Waals surface area contributed by atoms with Gasteiger partial charge in [0.15, 0.2) is 5.82 Å². The van der Waals surface area contributed by atoms with E-state index in [9.17, 15) is 24.5 Å². The summed E-state index contributed by atoms with van der Waals surface area (Å²) in [6, 6.07) is 5.34. The maximum absolute atomic E-state index is 13.3. The summed E-state index contributed by atoms with van der Waals surface area (Å²) in [6.45, 7) is 3.08. The number of nitrogens with two attached hydrogens (primary N) is 1. The van der Waals surface area contributed by atoms with Gasteiger partial charge in [-0.3, -0.25) is 15.0 Å². The molecule has 0 saturated heterocycles. The van der Waals surface area contributed by atoms with Gasteiger partial charge in [-0.05, 0) is 19.4 Å². The van der Waals surface area contributed by atoms with E-state index in [0.29, 0.717) is 0 Å². The Morgan fingerprint density at radius 1 is 1.08 bits per heavy atom. The van der Waals surface area contributed by atoms with Crippen LogP contribution in [0, 0.1) is 10.1 Å². The smallest absolute Gasteiger partial charge is 0.355 e. The van der Waals surface area contributed by atoms with E-state index in [1.807, 2.05) is 0 Å². The van der Waals surface area contributed by atoms with Crippen LogP contribution in [0.25, 0.3) is 0 Å². The monoisotopic (exact) mass is 500 g/mol. The summed E-state index contributed by atoms with van der Waals surface area (Å²) in [5, 5.41) is 11.5. The molecule has 0 bridgehead atoms. The maximum Gasteiger partial charge on any atom is 0.355 e. The normalized spacial score (nSPS) is 17.0. The third-order valence-corrected chi connectivity index (χ3v) is 5.27. The molecule has 36 heavy (non-hydrogen) atoms. The average Bonchev–Trinajstić information content (AvgIpc) is 2.87. The summed E-state index contributed by atoms with van der Waals surface area (Å²) in [7, 11) is 2.44. The fraction of sp³-hybridized carbons (Fsp3) is 0.304. The molecule has 13 nitrogen and oxygen atoms in total. The topological polar surface area (TPSA) is 173 Å². The maximum atomic E-state index is 13.3. The van der Waals surface area contributed by atoms with Gasteiger partial charge < -0.3 is 24.7 Å². The van der Waals surface area contributed by atoms with Crippen molar-refractivity contribution >= 4 is 29.5 Å². The Morgan fingerprint density at radius 3 is 2.28 bits per heavy atom. The number of hydrogen-bond acceptors (Lipinski definition) is 12. The molecule has 1 aromatic carbocycles. The van der Waals surface area contributed by atoms with Crippen LogP contribution in [0.1, 0.15) is 25.3 Å². The van der Waals surface area contributed by atoms with Gasteiger partial charge in [-0.1, -0.05) is 12.1 Å². The Kier molecular flexibility index (Phi) is 7.72. The Labute approximate surface area is 205 Å². The molecule has 1 atom stereocenters. The number of ether oxygens (including phenoxy) is 4. The van der Waals surface area contributed by atoms with E-state index >= 15 is 0 Å². The molecule has 2 aliphatic rings. The lowest BCUT2D eigenvalue weighted by molar-refractivity contribution is -0.384. The first-order valence-electron chi connectivity index (χ1n) is 10.7. The summed E-state index contributed by atoms with van der Waals surface area (Å²) in [4.78, 5) is 55.4. The molecule has 190 valence electrons. The zero-order valence-electron chi connectivity index (χ0n) is 20.0. The summed E-state index contributed by atoms with van der Waals surface area (Å²) < 4.78 is 20.5. The number of carbonyl (C=O) groups excluding carboxylic acids is 3. The zero-order chi connectivity index (χ0) is 26.6. The van der Waals surface area contributed by atoms with Gasteiger partial charge in [0.1, 0.15) is 11.5 Å². The van der Waals surface area contributed by atoms with Crippen molar-refractivity contribution in [2.75, 3.05) is 27.4 Å². The molecule has 2 N–H and O–H groups in total. The Bertz CT molecular complexity index is 1250. The molecule has 1 unspecified atom stereocenters. The molecule has 0 fully saturated rings. The molecule has 0 amide bonds. The number of benzene rings is 1. The van der Waals surface area contributed by atoms with Crippen LogP contribution >= 0.6 is 0 Å². The number of rotatable bonds is 7. The number of aliphatic imine (C=N–C) groups is 1. The van der Waals surface area contributed by atoms with E-state index in [4.69, 9.17) is 24.7 Å². The summed E-state index contributed by atoms with van der Waals surface area (Å²) in [6.07, 6.45) is 1.22. The van der Waals surface area contributed by atoms with Crippen molar-refractivity contribution in [3.8, 4) is 0 Å².